The van der Waals surface area contributed by atoms with Crippen molar-refractivity contribution in [2.45, 2.75) is 18.2 Å². The zero-order chi connectivity index (χ0) is 12.3. The van der Waals surface area contributed by atoms with E-state index >= 15 is 0 Å². The molecular formula is C14H17NO2. The molecule has 0 amide bonds. The van der Waals surface area contributed by atoms with Gasteiger partial charge in [0, 0.05) is 13.5 Å². The SMILES string of the molecule is COC1(N)C=CC(O)C(=Cc2ccccc2)C1. The lowest BCUT2D eigenvalue weighted by atomic mass is 9.90. The fraction of sp³-hybridized carbons (Fsp3) is 0.286. The summed E-state index contributed by atoms with van der Waals surface area (Å²) in [7, 11) is 1.57. The van der Waals surface area contributed by atoms with Crippen LogP contribution in [0.4, 0.5) is 0 Å². The molecule has 3 heteroatoms. The Kier molecular flexibility index (Phi) is 3.43. The van der Waals surface area contributed by atoms with Gasteiger partial charge >= 0.3 is 0 Å². The van der Waals surface area contributed by atoms with E-state index in [0.717, 1.165) is 11.1 Å². The first kappa shape index (κ1) is 12.0. The third kappa shape index (κ3) is 2.82. The van der Waals surface area contributed by atoms with Crippen molar-refractivity contribution in [2.75, 3.05) is 7.11 Å². The second kappa shape index (κ2) is 4.84. The fourth-order valence-corrected chi connectivity index (χ4v) is 1.90. The monoisotopic (exact) mass is 231 g/mol. The number of nitrogens with two attached hydrogens (primary N) is 1. The Morgan fingerprint density at radius 1 is 1.41 bits per heavy atom. The predicted octanol–water partition coefficient (Wildman–Crippen LogP) is 1.69. The van der Waals surface area contributed by atoms with E-state index in [9.17, 15) is 5.11 Å². The summed E-state index contributed by atoms with van der Waals surface area (Å²) in [5.74, 6) is 0. The molecule has 0 radical (unpaired) electrons. The van der Waals surface area contributed by atoms with Gasteiger partial charge in [-0.15, -0.1) is 0 Å². The predicted molar refractivity (Wildman–Crippen MR) is 68.1 cm³/mol. The molecule has 0 fully saturated rings. The minimum atomic E-state index is -0.806. The molecule has 1 aliphatic carbocycles. The van der Waals surface area contributed by atoms with Crippen LogP contribution in [0.15, 0.2) is 48.1 Å². The Morgan fingerprint density at radius 3 is 2.76 bits per heavy atom. The summed E-state index contributed by atoms with van der Waals surface area (Å²) in [6.45, 7) is 0. The molecule has 0 aromatic heterocycles. The summed E-state index contributed by atoms with van der Waals surface area (Å²) in [4.78, 5) is 0. The van der Waals surface area contributed by atoms with E-state index in [2.05, 4.69) is 0 Å². The van der Waals surface area contributed by atoms with Crippen LogP contribution in [0.5, 0.6) is 0 Å². The summed E-state index contributed by atoms with van der Waals surface area (Å²) in [6.07, 6.45) is 5.24. The van der Waals surface area contributed by atoms with E-state index in [1.807, 2.05) is 36.4 Å². The molecule has 0 aliphatic heterocycles. The fourth-order valence-electron chi connectivity index (χ4n) is 1.90. The highest BCUT2D eigenvalue weighted by atomic mass is 16.5. The first-order valence-corrected chi connectivity index (χ1v) is 5.60. The zero-order valence-electron chi connectivity index (χ0n) is 9.84. The number of rotatable bonds is 2. The molecule has 90 valence electrons. The highest BCUT2D eigenvalue weighted by molar-refractivity contribution is 5.55. The average Bonchev–Trinajstić information content (AvgIpc) is 2.35. The van der Waals surface area contributed by atoms with Gasteiger partial charge in [-0.3, -0.25) is 5.73 Å². The van der Waals surface area contributed by atoms with Gasteiger partial charge in [0.15, 0.2) is 0 Å². The number of benzene rings is 1. The summed E-state index contributed by atoms with van der Waals surface area (Å²) < 4.78 is 5.23. The Hall–Kier alpha value is -1.42. The molecule has 1 aromatic rings. The van der Waals surface area contributed by atoms with Gasteiger partial charge < -0.3 is 9.84 Å². The van der Waals surface area contributed by atoms with Crippen molar-refractivity contribution in [3.8, 4) is 0 Å². The largest absolute Gasteiger partial charge is 0.385 e. The molecule has 1 aromatic carbocycles. The number of aliphatic hydroxyl groups is 1. The number of methoxy groups -OCH3 is 1. The van der Waals surface area contributed by atoms with Gasteiger partial charge in [-0.05, 0) is 17.2 Å². The lowest BCUT2D eigenvalue weighted by molar-refractivity contribution is 0.0288. The summed E-state index contributed by atoms with van der Waals surface area (Å²) in [6, 6.07) is 9.86. The normalized spacial score (nSPS) is 30.8. The number of aliphatic hydroxyl groups excluding tert-OH is 1. The van der Waals surface area contributed by atoms with Gasteiger partial charge in [0.2, 0.25) is 0 Å². The van der Waals surface area contributed by atoms with Crippen molar-refractivity contribution in [3.63, 3.8) is 0 Å². The smallest absolute Gasteiger partial charge is 0.139 e. The molecule has 0 bridgehead atoms. The maximum absolute atomic E-state index is 9.89. The maximum Gasteiger partial charge on any atom is 0.139 e. The molecule has 0 saturated heterocycles. The molecule has 17 heavy (non-hydrogen) atoms. The van der Waals surface area contributed by atoms with Crippen molar-refractivity contribution in [2.24, 2.45) is 5.73 Å². The zero-order valence-corrected chi connectivity index (χ0v) is 9.84. The molecule has 2 unspecified atom stereocenters. The van der Waals surface area contributed by atoms with Crippen molar-refractivity contribution in [1.29, 1.82) is 0 Å². The van der Waals surface area contributed by atoms with E-state index in [4.69, 9.17) is 10.5 Å². The Balaban J connectivity index is 2.27. The van der Waals surface area contributed by atoms with Crippen LogP contribution in [0.3, 0.4) is 0 Å². The maximum atomic E-state index is 9.89. The summed E-state index contributed by atoms with van der Waals surface area (Å²) in [5, 5.41) is 9.89. The first-order chi connectivity index (χ1) is 8.13. The minimum absolute atomic E-state index is 0.496. The number of hydrogen-bond donors (Lipinski definition) is 2. The molecule has 2 atom stereocenters. The van der Waals surface area contributed by atoms with Crippen molar-refractivity contribution >= 4 is 6.08 Å². The lowest BCUT2D eigenvalue weighted by Gasteiger charge is -2.31. The molecular weight excluding hydrogens is 214 g/mol. The third-order valence-electron chi connectivity index (χ3n) is 2.95. The summed E-state index contributed by atoms with van der Waals surface area (Å²) in [5.41, 5.74) is 7.11. The van der Waals surface area contributed by atoms with E-state index in [0.29, 0.717) is 6.42 Å². The molecule has 0 heterocycles. The quantitative estimate of drug-likeness (QED) is 0.601. The van der Waals surface area contributed by atoms with Crippen LogP contribution in [0.1, 0.15) is 12.0 Å². The van der Waals surface area contributed by atoms with E-state index in [1.54, 1.807) is 19.3 Å². The van der Waals surface area contributed by atoms with Crippen LogP contribution in [-0.2, 0) is 4.74 Å². The molecule has 3 N–H and O–H groups in total. The van der Waals surface area contributed by atoms with Crippen LogP contribution in [0, 0.1) is 0 Å². The molecule has 0 spiro atoms. The summed E-state index contributed by atoms with van der Waals surface area (Å²) >= 11 is 0. The topological polar surface area (TPSA) is 55.5 Å². The number of ether oxygens (including phenoxy) is 1. The van der Waals surface area contributed by atoms with Gasteiger partial charge in [0.25, 0.3) is 0 Å². The minimum Gasteiger partial charge on any atom is -0.385 e. The van der Waals surface area contributed by atoms with Crippen LogP contribution in [-0.4, -0.2) is 24.0 Å². The van der Waals surface area contributed by atoms with Gasteiger partial charge in [-0.1, -0.05) is 42.5 Å². The van der Waals surface area contributed by atoms with E-state index in [1.165, 1.54) is 0 Å². The Bertz CT molecular complexity index is 439. The molecule has 0 saturated carbocycles. The number of hydrogen-bond acceptors (Lipinski definition) is 3. The van der Waals surface area contributed by atoms with Gasteiger partial charge in [-0.25, -0.2) is 0 Å². The van der Waals surface area contributed by atoms with Gasteiger partial charge in [-0.2, -0.15) is 0 Å². The Morgan fingerprint density at radius 2 is 2.12 bits per heavy atom. The highest BCUT2D eigenvalue weighted by Gasteiger charge is 2.29. The molecule has 1 aliphatic rings. The molecule has 2 rings (SSSR count). The second-order valence-corrected chi connectivity index (χ2v) is 4.27. The van der Waals surface area contributed by atoms with Crippen molar-refractivity contribution in [3.05, 3.63) is 53.6 Å². The van der Waals surface area contributed by atoms with Crippen molar-refractivity contribution in [1.82, 2.24) is 0 Å². The van der Waals surface area contributed by atoms with Crippen molar-refractivity contribution < 1.29 is 9.84 Å². The first-order valence-electron chi connectivity index (χ1n) is 5.60. The van der Waals surface area contributed by atoms with Gasteiger partial charge in [0.1, 0.15) is 5.72 Å². The van der Waals surface area contributed by atoms with Crippen LogP contribution >= 0.6 is 0 Å². The van der Waals surface area contributed by atoms with E-state index < -0.39 is 11.8 Å². The molecule has 3 nitrogen and oxygen atoms in total. The van der Waals surface area contributed by atoms with E-state index in [-0.39, 0.29) is 0 Å². The van der Waals surface area contributed by atoms with Gasteiger partial charge in [0.05, 0.1) is 6.10 Å². The highest BCUT2D eigenvalue weighted by Crippen LogP contribution is 2.27. The third-order valence-corrected chi connectivity index (χ3v) is 2.95. The van der Waals surface area contributed by atoms with Crippen LogP contribution in [0.25, 0.3) is 6.08 Å². The lowest BCUT2D eigenvalue weighted by Crippen LogP contribution is -2.43. The average molecular weight is 231 g/mol. The van der Waals surface area contributed by atoms with Crippen LogP contribution in [0.2, 0.25) is 0 Å². The Labute approximate surface area is 101 Å². The second-order valence-electron chi connectivity index (χ2n) is 4.27. The van der Waals surface area contributed by atoms with Crippen LogP contribution < -0.4 is 5.73 Å². The standard InChI is InChI=1S/C14H17NO2/c1-17-14(15)8-7-13(16)12(10-14)9-11-5-3-2-4-6-11/h2-9,13,16H,10,15H2,1H3.